The van der Waals surface area contributed by atoms with E-state index in [2.05, 4.69) is 20.6 Å². The Balaban J connectivity index is 1.69. The Labute approximate surface area is 122 Å². The van der Waals surface area contributed by atoms with Gasteiger partial charge in [0.2, 0.25) is 0 Å². The predicted octanol–water partition coefficient (Wildman–Crippen LogP) is 2.95. The van der Waals surface area contributed by atoms with Gasteiger partial charge in [-0.1, -0.05) is 42.5 Å². The maximum absolute atomic E-state index is 11.9. The quantitative estimate of drug-likeness (QED) is 0.774. The summed E-state index contributed by atoms with van der Waals surface area (Å²) >= 11 is 0. The summed E-state index contributed by atoms with van der Waals surface area (Å²) in [5.41, 5.74) is 1.84. The molecule has 0 aliphatic carbocycles. The van der Waals surface area contributed by atoms with Crippen molar-refractivity contribution in [1.82, 2.24) is 15.3 Å². The Morgan fingerprint density at radius 2 is 1.71 bits per heavy atom. The molecule has 2 aromatic carbocycles. The summed E-state index contributed by atoms with van der Waals surface area (Å²) in [5, 5.41) is 6.37. The second-order valence-electron chi connectivity index (χ2n) is 4.53. The second-order valence-corrected chi connectivity index (χ2v) is 4.53. The average molecular weight is 278 g/mol. The van der Waals surface area contributed by atoms with Gasteiger partial charge >= 0.3 is 6.03 Å². The summed E-state index contributed by atoms with van der Waals surface area (Å²) in [5.74, 6) is 0.506. The summed E-state index contributed by atoms with van der Waals surface area (Å²) in [6, 6.07) is 17.0. The van der Waals surface area contributed by atoms with E-state index in [0.29, 0.717) is 12.4 Å². The van der Waals surface area contributed by atoms with Crippen molar-refractivity contribution in [1.29, 1.82) is 0 Å². The number of urea groups is 1. The van der Waals surface area contributed by atoms with Crippen LogP contribution in [-0.2, 0) is 6.54 Å². The number of amides is 2. The van der Waals surface area contributed by atoms with Gasteiger partial charge in [0.1, 0.15) is 12.1 Å². The van der Waals surface area contributed by atoms with Crippen LogP contribution in [-0.4, -0.2) is 16.0 Å². The van der Waals surface area contributed by atoms with Crippen molar-refractivity contribution in [3.63, 3.8) is 0 Å². The molecular formula is C16H14N4O. The first kappa shape index (κ1) is 13.1. The Bertz CT molecular complexity index is 753. The van der Waals surface area contributed by atoms with Gasteiger partial charge in [-0.3, -0.25) is 5.32 Å². The zero-order chi connectivity index (χ0) is 14.5. The number of carbonyl (C=O) groups is 1. The Morgan fingerprint density at radius 1 is 0.952 bits per heavy atom. The van der Waals surface area contributed by atoms with E-state index in [9.17, 15) is 4.79 Å². The van der Waals surface area contributed by atoms with Crippen LogP contribution in [0.2, 0.25) is 0 Å². The standard InChI is InChI=1S/C16H14N4O/c21-16(17-10-12-6-2-1-3-7-12)20-15-13-8-4-5-9-14(13)18-11-19-15/h1-9,11H,10H2,(H2,17,18,19,20,21). The number of nitrogens with one attached hydrogen (secondary N) is 2. The van der Waals surface area contributed by atoms with Crippen LogP contribution in [0, 0.1) is 0 Å². The number of anilines is 1. The molecule has 2 amide bonds. The van der Waals surface area contributed by atoms with E-state index in [1.165, 1.54) is 6.33 Å². The van der Waals surface area contributed by atoms with E-state index >= 15 is 0 Å². The molecule has 0 bridgehead atoms. The largest absolute Gasteiger partial charge is 0.334 e. The van der Waals surface area contributed by atoms with E-state index in [4.69, 9.17) is 0 Å². The first-order chi connectivity index (χ1) is 10.3. The van der Waals surface area contributed by atoms with Crippen LogP contribution in [0.25, 0.3) is 10.9 Å². The number of aromatic nitrogens is 2. The van der Waals surface area contributed by atoms with Gasteiger partial charge in [-0.15, -0.1) is 0 Å². The molecule has 104 valence electrons. The molecule has 0 atom stereocenters. The molecule has 0 radical (unpaired) electrons. The average Bonchev–Trinajstić information content (AvgIpc) is 2.54. The number of benzene rings is 2. The highest BCUT2D eigenvalue weighted by Gasteiger charge is 2.06. The molecule has 2 N–H and O–H groups in total. The van der Waals surface area contributed by atoms with Crippen molar-refractivity contribution >= 4 is 22.8 Å². The lowest BCUT2D eigenvalue weighted by atomic mass is 10.2. The number of para-hydroxylation sites is 1. The fourth-order valence-electron chi connectivity index (χ4n) is 2.03. The van der Waals surface area contributed by atoms with Crippen LogP contribution in [0.5, 0.6) is 0 Å². The summed E-state index contributed by atoms with van der Waals surface area (Å²) in [7, 11) is 0. The molecule has 0 aliphatic rings. The predicted molar refractivity (Wildman–Crippen MR) is 81.8 cm³/mol. The van der Waals surface area contributed by atoms with Crippen LogP contribution in [0.4, 0.5) is 10.6 Å². The van der Waals surface area contributed by atoms with Crippen molar-refractivity contribution in [2.75, 3.05) is 5.32 Å². The smallest absolute Gasteiger partial charge is 0.320 e. The van der Waals surface area contributed by atoms with Crippen molar-refractivity contribution < 1.29 is 4.79 Å². The van der Waals surface area contributed by atoms with Crippen LogP contribution in [0.15, 0.2) is 60.9 Å². The first-order valence-electron chi connectivity index (χ1n) is 6.61. The summed E-state index contributed by atoms with van der Waals surface area (Å²) < 4.78 is 0. The van der Waals surface area contributed by atoms with Gasteiger partial charge in [-0.2, -0.15) is 0 Å². The highest BCUT2D eigenvalue weighted by Crippen LogP contribution is 2.17. The van der Waals surface area contributed by atoms with Crippen molar-refractivity contribution in [2.24, 2.45) is 0 Å². The van der Waals surface area contributed by atoms with Gasteiger partial charge in [0.15, 0.2) is 0 Å². The molecule has 1 heterocycles. The van der Waals surface area contributed by atoms with Crippen molar-refractivity contribution in [2.45, 2.75) is 6.54 Å². The van der Waals surface area contributed by atoms with E-state index in [0.717, 1.165) is 16.5 Å². The minimum absolute atomic E-state index is 0.289. The SMILES string of the molecule is O=C(NCc1ccccc1)Nc1ncnc2ccccc12. The van der Waals surface area contributed by atoms with Crippen LogP contribution in [0.3, 0.4) is 0 Å². The first-order valence-corrected chi connectivity index (χ1v) is 6.61. The van der Waals surface area contributed by atoms with Gasteiger partial charge in [-0.05, 0) is 17.7 Å². The van der Waals surface area contributed by atoms with Crippen LogP contribution >= 0.6 is 0 Å². The molecule has 0 saturated heterocycles. The molecule has 0 spiro atoms. The lowest BCUT2D eigenvalue weighted by Crippen LogP contribution is -2.28. The summed E-state index contributed by atoms with van der Waals surface area (Å²) in [4.78, 5) is 20.2. The molecule has 21 heavy (non-hydrogen) atoms. The lowest BCUT2D eigenvalue weighted by Gasteiger charge is -2.08. The number of hydrogen-bond donors (Lipinski definition) is 2. The summed E-state index contributed by atoms with van der Waals surface area (Å²) in [6.45, 7) is 0.468. The molecule has 0 aliphatic heterocycles. The Morgan fingerprint density at radius 3 is 2.57 bits per heavy atom. The molecule has 1 aromatic heterocycles. The third-order valence-electron chi connectivity index (χ3n) is 3.07. The zero-order valence-electron chi connectivity index (χ0n) is 11.3. The van der Waals surface area contributed by atoms with E-state index in [-0.39, 0.29) is 6.03 Å². The van der Waals surface area contributed by atoms with Gasteiger partial charge in [0, 0.05) is 11.9 Å². The third kappa shape index (κ3) is 3.14. The van der Waals surface area contributed by atoms with Gasteiger partial charge in [0.05, 0.1) is 5.52 Å². The molecule has 3 aromatic rings. The van der Waals surface area contributed by atoms with E-state index in [1.807, 2.05) is 54.6 Å². The van der Waals surface area contributed by atoms with Gasteiger partial charge in [-0.25, -0.2) is 14.8 Å². The molecular weight excluding hydrogens is 264 g/mol. The molecule has 0 fully saturated rings. The van der Waals surface area contributed by atoms with E-state index in [1.54, 1.807) is 0 Å². The third-order valence-corrected chi connectivity index (χ3v) is 3.07. The molecule has 5 nitrogen and oxygen atoms in total. The van der Waals surface area contributed by atoms with Crippen molar-refractivity contribution in [3.8, 4) is 0 Å². The fraction of sp³-hybridized carbons (Fsp3) is 0.0625. The highest BCUT2D eigenvalue weighted by atomic mass is 16.2. The Hall–Kier alpha value is -2.95. The molecule has 5 heteroatoms. The number of rotatable bonds is 3. The summed E-state index contributed by atoms with van der Waals surface area (Å²) in [6.07, 6.45) is 1.44. The van der Waals surface area contributed by atoms with Crippen molar-refractivity contribution in [3.05, 3.63) is 66.5 Å². The second kappa shape index (κ2) is 6.00. The number of hydrogen-bond acceptors (Lipinski definition) is 3. The number of carbonyl (C=O) groups excluding carboxylic acids is 1. The lowest BCUT2D eigenvalue weighted by molar-refractivity contribution is 0.251. The fourth-order valence-corrected chi connectivity index (χ4v) is 2.03. The number of fused-ring (bicyclic) bond motifs is 1. The monoisotopic (exact) mass is 278 g/mol. The molecule has 0 saturated carbocycles. The minimum Gasteiger partial charge on any atom is -0.334 e. The normalized spacial score (nSPS) is 10.3. The van der Waals surface area contributed by atoms with Gasteiger partial charge < -0.3 is 5.32 Å². The maximum Gasteiger partial charge on any atom is 0.320 e. The van der Waals surface area contributed by atoms with Gasteiger partial charge in [0.25, 0.3) is 0 Å². The molecule has 3 rings (SSSR count). The number of nitrogens with zero attached hydrogens (tertiary/aromatic N) is 2. The Kier molecular flexibility index (Phi) is 3.73. The van der Waals surface area contributed by atoms with Crippen LogP contribution in [0.1, 0.15) is 5.56 Å². The highest BCUT2D eigenvalue weighted by molar-refractivity contribution is 5.98. The van der Waals surface area contributed by atoms with Crippen LogP contribution < -0.4 is 10.6 Å². The zero-order valence-corrected chi connectivity index (χ0v) is 11.3. The molecule has 0 unspecified atom stereocenters. The topological polar surface area (TPSA) is 66.9 Å². The van der Waals surface area contributed by atoms with E-state index < -0.39 is 0 Å². The minimum atomic E-state index is -0.289. The maximum atomic E-state index is 11.9.